The second-order valence-corrected chi connectivity index (χ2v) is 9.23. The van der Waals surface area contributed by atoms with Gasteiger partial charge in [0.15, 0.2) is 4.32 Å². The molecule has 28 heavy (non-hydrogen) atoms. The number of amides is 1. The Balaban J connectivity index is 1.61. The van der Waals surface area contributed by atoms with E-state index in [9.17, 15) is 4.79 Å². The summed E-state index contributed by atoms with van der Waals surface area (Å²) in [6, 6.07) is 16.5. The van der Waals surface area contributed by atoms with Crippen molar-refractivity contribution in [3.63, 3.8) is 0 Å². The fourth-order valence-electron chi connectivity index (χ4n) is 2.64. The Morgan fingerprint density at radius 2 is 1.79 bits per heavy atom. The maximum absolute atomic E-state index is 12.9. The molecule has 1 aliphatic heterocycles. The third-order valence-electron chi connectivity index (χ3n) is 3.98. The molecule has 2 heterocycles. The number of rotatable bonds is 3. The number of benzene rings is 2. The minimum Gasteiger partial charge on any atom is -0.457 e. The third kappa shape index (κ3) is 3.93. The van der Waals surface area contributed by atoms with Crippen LogP contribution in [0.1, 0.15) is 5.76 Å². The number of nitrogens with zero attached hydrogens (tertiary/aromatic N) is 1. The number of carbonyl (C=O) groups is 1. The van der Waals surface area contributed by atoms with Gasteiger partial charge in [0, 0.05) is 16.1 Å². The van der Waals surface area contributed by atoms with Gasteiger partial charge >= 0.3 is 0 Å². The maximum atomic E-state index is 12.9. The van der Waals surface area contributed by atoms with Crippen LogP contribution in [-0.4, -0.2) is 10.2 Å². The normalized spacial score (nSPS) is 15.7. The van der Waals surface area contributed by atoms with E-state index >= 15 is 0 Å². The summed E-state index contributed by atoms with van der Waals surface area (Å²) in [5.74, 6) is 1.07. The Bertz CT molecular complexity index is 1130. The molecular weight excluding hydrogens is 501 g/mol. The molecule has 0 atom stereocenters. The fourth-order valence-corrected chi connectivity index (χ4v) is 4.48. The van der Waals surface area contributed by atoms with Crippen LogP contribution in [0.2, 0.25) is 10.0 Å². The van der Waals surface area contributed by atoms with Crippen molar-refractivity contribution in [3.8, 4) is 11.3 Å². The molecule has 8 heteroatoms. The summed E-state index contributed by atoms with van der Waals surface area (Å²) in [4.78, 5) is 14.8. The molecule has 1 aliphatic rings. The zero-order valence-corrected chi connectivity index (χ0v) is 18.7. The lowest BCUT2D eigenvalue weighted by Gasteiger charge is -2.15. The quantitative estimate of drug-likeness (QED) is 0.271. The summed E-state index contributed by atoms with van der Waals surface area (Å²) in [6.07, 6.45) is 1.69. The molecule has 2 aromatic carbocycles. The molecule has 4 rings (SSSR count). The SMILES string of the molecule is O=C1/C(=C/c2ccc(-c3ccc(Br)cc3)o2)SC(=S)N1c1ccc(Cl)c(Cl)c1. The van der Waals surface area contributed by atoms with Crippen LogP contribution >= 0.6 is 63.1 Å². The van der Waals surface area contributed by atoms with Gasteiger partial charge in [0.1, 0.15) is 11.5 Å². The van der Waals surface area contributed by atoms with Crippen molar-refractivity contribution >= 4 is 85.1 Å². The number of carbonyl (C=O) groups excluding carboxylic acids is 1. The van der Waals surface area contributed by atoms with Crippen LogP contribution < -0.4 is 4.90 Å². The predicted molar refractivity (Wildman–Crippen MR) is 124 cm³/mol. The Morgan fingerprint density at radius 1 is 1.04 bits per heavy atom. The third-order valence-corrected chi connectivity index (χ3v) is 6.55. The monoisotopic (exact) mass is 509 g/mol. The van der Waals surface area contributed by atoms with Gasteiger partial charge in [-0.25, -0.2) is 0 Å². The van der Waals surface area contributed by atoms with Crippen molar-refractivity contribution in [1.29, 1.82) is 0 Å². The summed E-state index contributed by atoms with van der Waals surface area (Å²) in [6.45, 7) is 0. The largest absolute Gasteiger partial charge is 0.457 e. The number of furan rings is 1. The highest BCUT2D eigenvalue weighted by Crippen LogP contribution is 2.38. The topological polar surface area (TPSA) is 33.5 Å². The second-order valence-electron chi connectivity index (χ2n) is 5.82. The van der Waals surface area contributed by atoms with Crippen molar-refractivity contribution in [1.82, 2.24) is 0 Å². The minimum absolute atomic E-state index is 0.227. The first-order valence-electron chi connectivity index (χ1n) is 8.01. The van der Waals surface area contributed by atoms with E-state index < -0.39 is 0 Å². The van der Waals surface area contributed by atoms with Crippen LogP contribution in [0, 0.1) is 0 Å². The van der Waals surface area contributed by atoms with Crippen LogP contribution in [0.5, 0.6) is 0 Å². The molecule has 0 radical (unpaired) electrons. The Kier molecular flexibility index (Phi) is 5.67. The van der Waals surface area contributed by atoms with Gasteiger partial charge in [-0.1, -0.05) is 75.2 Å². The molecule has 1 aromatic heterocycles. The van der Waals surface area contributed by atoms with Gasteiger partial charge in [-0.05, 0) is 42.5 Å². The molecule has 1 amide bonds. The lowest BCUT2D eigenvalue weighted by molar-refractivity contribution is -0.113. The molecule has 0 N–H and O–H groups in total. The van der Waals surface area contributed by atoms with Crippen molar-refractivity contribution in [2.45, 2.75) is 0 Å². The highest BCUT2D eigenvalue weighted by atomic mass is 79.9. The smallest absolute Gasteiger partial charge is 0.270 e. The van der Waals surface area contributed by atoms with Crippen LogP contribution in [-0.2, 0) is 4.79 Å². The minimum atomic E-state index is -0.227. The number of hydrogen-bond donors (Lipinski definition) is 0. The van der Waals surface area contributed by atoms with E-state index in [1.165, 1.54) is 16.7 Å². The van der Waals surface area contributed by atoms with Gasteiger partial charge in [-0.2, -0.15) is 0 Å². The van der Waals surface area contributed by atoms with E-state index in [-0.39, 0.29) is 5.91 Å². The summed E-state index contributed by atoms with van der Waals surface area (Å²) in [5.41, 5.74) is 1.53. The van der Waals surface area contributed by atoms with Gasteiger partial charge < -0.3 is 4.42 Å². The Labute approximate surface area is 189 Å². The van der Waals surface area contributed by atoms with Crippen LogP contribution in [0.15, 0.2) is 68.4 Å². The van der Waals surface area contributed by atoms with Gasteiger partial charge in [0.2, 0.25) is 0 Å². The number of hydrogen-bond acceptors (Lipinski definition) is 4. The molecule has 1 fully saturated rings. The van der Waals surface area contributed by atoms with E-state index in [1.54, 1.807) is 24.3 Å². The predicted octanol–water partition coefficient (Wildman–Crippen LogP) is 7.42. The van der Waals surface area contributed by atoms with Gasteiger partial charge in [0.05, 0.1) is 20.6 Å². The van der Waals surface area contributed by atoms with Crippen LogP contribution in [0.3, 0.4) is 0 Å². The van der Waals surface area contributed by atoms with E-state index in [0.29, 0.717) is 30.7 Å². The number of thioether (sulfide) groups is 1. The van der Waals surface area contributed by atoms with Crippen molar-refractivity contribution in [2.24, 2.45) is 0 Å². The molecule has 0 aliphatic carbocycles. The fraction of sp³-hybridized carbons (Fsp3) is 0. The molecular formula is C20H10BrCl2NO2S2. The molecule has 0 bridgehead atoms. The maximum Gasteiger partial charge on any atom is 0.270 e. The lowest BCUT2D eigenvalue weighted by Crippen LogP contribution is -2.27. The first-order valence-corrected chi connectivity index (χ1v) is 10.8. The Morgan fingerprint density at radius 3 is 2.50 bits per heavy atom. The Hall–Kier alpha value is -1.57. The van der Waals surface area contributed by atoms with E-state index in [0.717, 1.165) is 15.8 Å². The molecule has 3 nitrogen and oxygen atoms in total. The van der Waals surface area contributed by atoms with Gasteiger partial charge in [0.25, 0.3) is 5.91 Å². The van der Waals surface area contributed by atoms with E-state index in [4.69, 9.17) is 39.8 Å². The zero-order valence-electron chi connectivity index (χ0n) is 14.0. The molecule has 0 spiro atoms. The first-order chi connectivity index (χ1) is 13.4. The van der Waals surface area contributed by atoms with Crippen molar-refractivity contribution in [3.05, 3.63) is 79.8 Å². The second kappa shape index (κ2) is 8.05. The van der Waals surface area contributed by atoms with Gasteiger partial charge in [-0.3, -0.25) is 9.69 Å². The number of halogens is 3. The summed E-state index contributed by atoms with van der Waals surface area (Å²) < 4.78 is 7.29. The number of anilines is 1. The van der Waals surface area contributed by atoms with Crippen molar-refractivity contribution in [2.75, 3.05) is 4.90 Å². The average molecular weight is 511 g/mol. The number of thiocarbonyl (C=S) groups is 1. The standard InChI is InChI=1S/C20H10BrCl2NO2S2/c21-12-3-1-11(2-4-12)17-8-6-14(26-17)10-18-19(25)24(20(27)28-18)13-5-7-15(22)16(23)9-13/h1-10H/b18-10-. The summed E-state index contributed by atoms with van der Waals surface area (Å²) in [5, 5.41) is 0.782. The highest BCUT2D eigenvalue weighted by molar-refractivity contribution is 9.10. The van der Waals surface area contributed by atoms with E-state index in [1.807, 2.05) is 36.4 Å². The van der Waals surface area contributed by atoms with Crippen LogP contribution in [0.4, 0.5) is 5.69 Å². The molecule has 1 saturated heterocycles. The van der Waals surface area contributed by atoms with Gasteiger partial charge in [-0.15, -0.1) is 0 Å². The first kappa shape index (κ1) is 19.7. The summed E-state index contributed by atoms with van der Waals surface area (Å²) in [7, 11) is 0. The lowest BCUT2D eigenvalue weighted by atomic mass is 10.2. The molecule has 3 aromatic rings. The van der Waals surface area contributed by atoms with Crippen LogP contribution in [0.25, 0.3) is 17.4 Å². The molecule has 0 unspecified atom stereocenters. The summed E-state index contributed by atoms with van der Waals surface area (Å²) >= 11 is 22.0. The highest BCUT2D eigenvalue weighted by Gasteiger charge is 2.33. The van der Waals surface area contributed by atoms with E-state index in [2.05, 4.69) is 15.9 Å². The van der Waals surface area contributed by atoms with Crippen molar-refractivity contribution < 1.29 is 9.21 Å². The molecule has 0 saturated carbocycles. The molecule has 140 valence electrons. The average Bonchev–Trinajstić information content (AvgIpc) is 3.23. The zero-order chi connectivity index (χ0) is 19.8.